The van der Waals surface area contributed by atoms with Crippen molar-refractivity contribution in [3.8, 4) is 5.75 Å². The minimum absolute atomic E-state index is 0.0582. The van der Waals surface area contributed by atoms with E-state index in [0.717, 1.165) is 5.56 Å². The van der Waals surface area contributed by atoms with Crippen LogP contribution < -0.4 is 4.74 Å². The lowest BCUT2D eigenvalue weighted by molar-refractivity contribution is -0.386. The van der Waals surface area contributed by atoms with E-state index in [9.17, 15) is 14.9 Å². The zero-order chi connectivity index (χ0) is 16.4. The molecule has 1 rings (SSSR count). The molecule has 0 aliphatic heterocycles. The minimum Gasteiger partial charge on any atom is -0.469 e. The Bertz CT molecular complexity index is 558. The van der Waals surface area contributed by atoms with Crippen molar-refractivity contribution in [1.82, 2.24) is 0 Å². The molecule has 0 amide bonds. The Morgan fingerprint density at radius 1 is 1.19 bits per heavy atom. The molecule has 116 valence electrons. The summed E-state index contributed by atoms with van der Waals surface area (Å²) in [5.74, 6) is -0.541. The van der Waals surface area contributed by atoms with Crippen molar-refractivity contribution in [2.75, 3.05) is 7.11 Å². The van der Waals surface area contributed by atoms with Crippen LogP contribution >= 0.6 is 0 Å². The molecule has 0 aromatic heterocycles. The summed E-state index contributed by atoms with van der Waals surface area (Å²) in [5.41, 5.74) is -0.803. The van der Waals surface area contributed by atoms with Crippen molar-refractivity contribution < 1.29 is 19.2 Å². The zero-order valence-electron chi connectivity index (χ0n) is 13.2. The smallest absolute Gasteiger partial charge is 0.349 e. The molecule has 6 nitrogen and oxygen atoms in total. The molecular weight excluding hydrogens is 274 g/mol. The van der Waals surface area contributed by atoms with Crippen LogP contribution in [-0.2, 0) is 14.9 Å². The topological polar surface area (TPSA) is 78.7 Å². The summed E-state index contributed by atoms with van der Waals surface area (Å²) in [6, 6.07) is 4.68. The van der Waals surface area contributed by atoms with E-state index in [1.54, 1.807) is 12.1 Å². The third kappa shape index (κ3) is 3.93. The van der Waals surface area contributed by atoms with Crippen LogP contribution in [0.15, 0.2) is 18.2 Å². The van der Waals surface area contributed by atoms with E-state index in [-0.39, 0.29) is 16.9 Å². The molecule has 21 heavy (non-hydrogen) atoms. The predicted molar refractivity (Wildman–Crippen MR) is 78.5 cm³/mol. The van der Waals surface area contributed by atoms with Gasteiger partial charge in [-0.25, -0.2) is 4.79 Å². The summed E-state index contributed by atoms with van der Waals surface area (Å²) in [5, 5.41) is 11.1. The Hall–Kier alpha value is -2.11. The molecule has 1 aromatic rings. The second-order valence-electron chi connectivity index (χ2n) is 6.29. The van der Waals surface area contributed by atoms with Gasteiger partial charge in [0.05, 0.1) is 12.0 Å². The van der Waals surface area contributed by atoms with E-state index >= 15 is 0 Å². The van der Waals surface area contributed by atoms with Crippen LogP contribution in [0.4, 0.5) is 5.69 Å². The molecule has 6 heteroatoms. The van der Waals surface area contributed by atoms with Gasteiger partial charge in [0.1, 0.15) is 0 Å². The Balaban J connectivity index is 3.31. The number of nitro benzene ring substituents is 1. The highest BCUT2D eigenvalue weighted by Crippen LogP contribution is 2.35. The number of hydrogen-bond acceptors (Lipinski definition) is 5. The van der Waals surface area contributed by atoms with Gasteiger partial charge >= 0.3 is 11.7 Å². The summed E-state index contributed by atoms with van der Waals surface area (Å²) >= 11 is 0. The first-order valence-corrected chi connectivity index (χ1v) is 6.55. The van der Waals surface area contributed by atoms with Gasteiger partial charge in [0.15, 0.2) is 5.75 Å². The maximum atomic E-state index is 11.7. The van der Waals surface area contributed by atoms with E-state index in [1.165, 1.54) is 27.0 Å². The third-order valence-electron chi connectivity index (χ3n) is 3.06. The van der Waals surface area contributed by atoms with Crippen molar-refractivity contribution in [3.05, 3.63) is 33.9 Å². The fourth-order valence-corrected chi connectivity index (χ4v) is 1.78. The van der Waals surface area contributed by atoms with Crippen LogP contribution in [0.2, 0.25) is 0 Å². The second-order valence-corrected chi connectivity index (χ2v) is 6.29. The number of esters is 1. The molecule has 0 radical (unpaired) electrons. The number of methoxy groups -OCH3 is 1. The Morgan fingerprint density at radius 3 is 2.19 bits per heavy atom. The van der Waals surface area contributed by atoms with Gasteiger partial charge in [0.2, 0.25) is 5.60 Å². The molecule has 0 saturated carbocycles. The standard InChI is InChI=1S/C15H21NO5/c1-14(2,3)10-7-8-11(16(18)19)12(9-10)21-15(4,5)13(17)20-6/h7-9H,1-6H3. The summed E-state index contributed by atoms with van der Waals surface area (Å²) in [6.07, 6.45) is 0. The zero-order valence-corrected chi connectivity index (χ0v) is 13.2. The van der Waals surface area contributed by atoms with Crippen molar-refractivity contribution in [1.29, 1.82) is 0 Å². The van der Waals surface area contributed by atoms with Crippen LogP contribution in [0.3, 0.4) is 0 Å². The number of ether oxygens (including phenoxy) is 2. The first kappa shape index (κ1) is 16.9. The maximum absolute atomic E-state index is 11.7. The molecule has 0 spiro atoms. The number of carbonyl (C=O) groups excluding carboxylic acids is 1. The first-order chi connectivity index (χ1) is 9.49. The number of benzene rings is 1. The molecular formula is C15H21NO5. The average Bonchev–Trinajstić information content (AvgIpc) is 2.35. The van der Waals surface area contributed by atoms with Crippen molar-refractivity contribution in [2.45, 2.75) is 45.6 Å². The number of nitrogens with zero attached hydrogens (tertiary/aromatic N) is 1. The van der Waals surface area contributed by atoms with E-state index in [4.69, 9.17) is 4.74 Å². The number of hydrogen-bond donors (Lipinski definition) is 0. The van der Waals surface area contributed by atoms with Gasteiger partial charge in [0.25, 0.3) is 0 Å². The summed E-state index contributed by atoms with van der Waals surface area (Å²) in [7, 11) is 1.24. The average molecular weight is 295 g/mol. The molecule has 0 atom stereocenters. The van der Waals surface area contributed by atoms with Crippen LogP contribution in [0.25, 0.3) is 0 Å². The fraction of sp³-hybridized carbons (Fsp3) is 0.533. The third-order valence-corrected chi connectivity index (χ3v) is 3.06. The van der Waals surface area contributed by atoms with Crippen LogP contribution in [0.1, 0.15) is 40.2 Å². The monoisotopic (exact) mass is 295 g/mol. The molecule has 1 aromatic carbocycles. The van der Waals surface area contributed by atoms with Crippen LogP contribution in [0.5, 0.6) is 5.75 Å². The Kier molecular flexibility index (Phi) is 4.61. The second kappa shape index (κ2) is 5.71. The summed E-state index contributed by atoms with van der Waals surface area (Å²) in [4.78, 5) is 22.3. The van der Waals surface area contributed by atoms with E-state index < -0.39 is 16.5 Å². The number of nitro groups is 1. The first-order valence-electron chi connectivity index (χ1n) is 6.55. The van der Waals surface area contributed by atoms with Gasteiger partial charge in [-0.3, -0.25) is 10.1 Å². The highest BCUT2D eigenvalue weighted by atomic mass is 16.6. The lowest BCUT2D eigenvalue weighted by Gasteiger charge is -2.25. The molecule has 0 aliphatic carbocycles. The largest absolute Gasteiger partial charge is 0.469 e. The highest BCUT2D eigenvalue weighted by Gasteiger charge is 2.34. The molecule has 0 fully saturated rings. The fourth-order valence-electron chi connectivity index (χ4n) is 1.78. The molecule has 0 saturated heterocycles. The van der Waals surface area contributed by atoms with Crippen LogP contribution in [0, 0.1) is 10.1 Å². The maximum Gasteiger partial charge on any atom is 0.349 e. The minimum atomic E-state index is -1.31. The molecule has 0 unspecified atom stereocenters. The van der Waals surface area contributed by atoms with Gasteiger partial charge in [-0.1, -0.05) is 26.8 Å². The lowest BCUT2D eigenvalue weighted by atomic mass is 9.87. The Labute approximate surface area is 124 Å². The van der Waals surface area contributed by atoms with Gasteiger partial charge in [-0.15, -0.1) is 0 Å². The Morgan fingerprint density at radius 2 is 1.76 bits per heavy atom. The van der Waals surface area contributed by atoms with Gasteiger partial charge < -0.3 is 9.47 Å². The molecule has 0 N–H and O–H groups in total. The summed E-state index contributed by atoms with van der Waals surface area (Å²) < 4.78 is 10.2. The quantitative estimate of drug-likeness (QED) is 0.484. The van der Waals surface area contributed by atoms with Gasteiger partial charge in [-0.05, 0) is 30.9 Å². The molecule has 0 bridgehead atoms. The normalized spacial score (nSPS) is 11.9. The SMILES string of the molecule is COC(=O)C(C)(C)Oc1cc(C(C)(C)C)ccc1[N+](=O)[O-]. The van der Waals surface area contributed by atoms with Crippen molar-refractivity contribution in [2.24, 2.45) is 0 Å². The molecule has 0 heterocycles. The number of rotatable bonds is 4. The van der Waals surface area contributed by atoms with Crippen molar-refractivity contribution in [3.63, 3.8) is 0 Å². The summed E-state index contributed by atoms with van der Waals surface area (Å²) in [6.45, 7) is 8.98. The van der Waals surface area contributed by atoms with E-state index in [1.807, 2.05) is 20.8 Å². The number of carbonyl (C=O) groups is 1. The van der Waals surface area contributed by atoms with Crippen molar-refractivity contribution >= 4 is 11.7 Å². The van der Waals surface area contributed by atoms with Gasteiger partial charge in [-0.2, -0.15) is 0 Å². The molecule has 0 aliphatic rings. The highest BCUT2D eigenvalue weighted by molar-refractivity contribution is 5.79. The van der Waals surface area contributed by atoms with E-state index in [0.29, 0.717) is 0 Å². The lowest BCUT2D eigenvalue weighted by Crippen LogP contribution is -2.39. The predicted octanol–water partition coefficient (Wildman–Crippen LogP) is 3.22. The van der Waals surface area contributed by atoms with Crippen LogP contribution in [-0.4, -0.2) is 23.6 Å². The van der Waals surface area contributed by atoms with Gasteiger partial charge in [0, 0.05) is 6.07 Å². The van der Waals surface area contributed by atoms with E-state index in [2.05, 4.69) is 4.74 Å².